The first kappa shape index (κ1) is 19.4. The summed E-state index contributed by atoms with van der Waals surface area (Å²) >= 11 is 0. The molecule has 2 rings (SSSR count). The Kier molecular flexibility index (Phi) is 6.96. The van der Waals surface area contributed by atoms with Crippen molar-refractivity contribution in [3.8, 4) is 0 Å². The Hall–Kier alpha value is -1.92. The molecule has 1 aliphatic heterocycles. The summed E-state index contributed by atoms with van der Waals surface area (Å²) in [5, 5.41) is 5.92. The molecule has 0 radical (unpaired) electrons. The van der Waals surface area contributed by atoms with Gasteiger partial charge in [-0.25, -0.2) is 0 Å². The largest absolute Gasteiger partial charge is 0.353 e. The smallest absolute Gasteiger partial charge is 0.238 e. The van der Waals surface area contributed by atoms with E-state index in [1.54, 1.807) is 0 Å². The molecule has 0 saturated carbocycles. The first-order valence-electron chi connectivity index (χ1n) is 8.94. The van der Waals surface area contributed by atoms with Crippen molar-refractivity contribution in [2.24, 2.45) is 0 Å². The highest BCUT2D eigenvalue weighted by Gasteiger charge is 2.21. The number of piperazine rings is 1. The minimum absolute atomic E-state index is 0.0136. The van der Waals surface area contributed by atoms with Crippen LogP contribution in [-0.4, -0.2) is 66.9 Å². The number of hydrogen-bond donors (Lipinski definition) is 2. The van der Waals surface area contributed by atoms with Crippen molar-refractivity contribution in [3.05, 3.63) is 29.3 Å². The fraction of sp³-hybridized carbons (Fsp3) is 0.579. The van der Waals surface area contributed by atoms with Gasteiger partial charge in [-0.1, -0.05) is 12.1 Å². The highest BCUT2D eigenvalue weighted by molar-refractivity contribution is 5.93. The van der Waals surface area contributed by atoms with Crippen molar-refractivity contribution in [2.75, 3.05) is 44.6 Å². The molecule has 1 aromatic rings. The lowest BCUT2D eigenvalue weighted by molar-refractivity contribution is -0.124. The van der Waals surface area contributed by atoms with Gasteiger partial charge in [0.15, 0.2) is 0 Å². The van der Waals surface area contributed by atoms with E-state index in [0.29, 0.717) is 13.1 Å². The molecule has 2 N–H and O–H groups in total. The topological polar surface area (TPSA) is 64.7 Å². The van der Waals surface area contributed by atoms with Gasteiger partial charge in [0.2, 0.25) is 11.8 Å². The molecule has 1 heterocycles. The van der Waals surface area contributed by atoms with E-state index in [2.05, 4.69) is 20.4 Å². The standard InChI is InChI=1S/C19H30N4O2/c1-14(2)20-18(24)12-22-7-9-23(10-8-22)13-19(25)21-17-11-15(3)5-6-16(17)4/h5-6,11,14H,7-10,12-13H2,1-4H3,(H,20,24)(H,21,25). The molecule has 1 saturated heterocycles. The molecular weight excluding hydrogens is 316 g/mol. The van der Waals surface area contributed by atoms with E-state index in [9.17, 15) is 9.59 Å². The summed E-state index contributed by atoms with van der Waals surface area (Å²) in [5.41, 5.74) is 3.09. The molecule has 1 aliphatic rings. The molecule has 1 aromatic carbocycles. The fourth-order valence-electron chi connectivity index (χ4n) is 2.94. The summed E-state index contributed by atoms with van der Waals surface area (Å²) in [7, 11) is 0. The van der Waals surface area contributed by atoms with Crippen molar-refractivity contribution in [1.29, 1.82) is 0 Å². The zero-order valence-electron chi connectivity index (χ0n) is 15.8. The molecule has 0 aromatic heterocycles. The quantitative estimate of drug-likeness (QED) is 0.817. The van der Waals surface area contributed by atoms with Crippen LogP contribution in [0.3, 0.4) is 0 Å². The maximum atomic E-state index is 12.3. The second-order valence-corrected chi connectivity index (χ2v) is 7.14. The average molecular weight is 346 g/mol. The summed E-state index contributed by atoms with van der Waals surface area (Å²) in [6.45, 7) is 12.0. The number of rotatable bonds is 6. The van der Waals surface area contributed by atoms with Crippen LogP contribution >= 0.6 is 0 Å². The molecule has 2 amide bonds. The summed E-state index contributed by atoms with van der Waals surface area (Å²) in [5.74, 6) is 0.0795. The summed E-state index contributed by atoms with van der Waals surface area (Å²) in [4.78, 5) is 28.4. The number of nitrogens with zero attached hydrogens (tertiary/aromatic N) is 2. The van der Waals surface area contributed by atoms with Crippen molar-refractivity contribution in [3.63, 3.8) is 0 Å². The van der Waals surface area contributed by atoms with Crippen LogP contribution in [0.2, 0.25) is 0 Å². The summed E-state index contributed by atoms with van der Waals surface area (Å²) < 4.78 is 0. The number of carbonyl (C=O) groups is 2. The van der Waals surface area contributed by atoms with Crippen molar-refractivity contribution >= 4 is 17.5 Å². The Morgan fingerprint density at radius 3 is 2.12 bits per heavy atom. The van der Waals surface area contributed by atoms with E-state index < -0.39 is 0 Å². The predicted octanol–water partition coefficient (Wildman–Crippen LogP) is 1.38. The average Bonchev–Trinajstić information content (AvgIpc) is 2.52. The van der Waals surface area contributed by atoms with E-state index in [0.717, 1.165) is 43.0 Å². The van der Waals surface area contributed by atoms with Gasteiger partial charge in [-0.3, -0.25) is 19.4 Å². The molecule has 0 atom stereocenters. The number of amides is 2. The van der Waals surface area contributed by atoms with Crippen molar-refractivity contribution < 1.29 is 9.59 Å². The number of hydrogen-bond acceptors (Lipinski definition) is 4. The number of anilines is 1. The molecule has 25 heavy (non-hydrogen) atoms. The van der Waals surface area contributed by atoms with Crippen LogP contribution in [0.5, 0.6) is 0 Å². The van der Waals surface area contributed by atoms with Gasteiger partial charge >= 0.3 is 0 Å². The van der Waals surface area contributed by atoms with Crippen LogP contribution in [0, 0.1) is 13.8 Å². The molecule has 6 heteroatoms. The third kappa shape index (κ3) is 6.48. The van der Waals surface area contributed by atoms with Crippen LogP contribution < -0.4 is 10.6 Å². The van der Waals surface area contributed by atoms with E-state index in [-0.39, 0.29) is 17.9 Å². The lowest BCUT2D eigenvalue weighted by Crippen LogP contribution is -2.51. The number of benzene rings is 1. The number of carbonyl (C=O) groups excluding carboxylic acids is 2. The Labute approximate surface area is 150 Å². The van der Waals surface area contributed by atoms with Crippen LogP contribution in [0.4, 0.5) is 5.69 Å². The maximum Gasteiger partial charge on any atom is 0.238 e. The maximum absolute atomic E-state index is 12.3. The summed E-state index contributed by atoms with van der Waals surface area (Å²) in [6, 6.07) is 6.23. The molecule has 0 unspecified atom stereocenters. The van der Waals surface area contributed by atoms with Crippen LogP contribution in [-0.2, 0) is 9.59 Å². The molecule has 1 fully saturated rings. The van der Waals surface area contributed by atoms with Crippen molar-refractivity contribution in [2.45, 2.75) is 33.7 Å². The minimum atomic E-state index is 0.0136. The normalized spacial score (nSPS) is 16.0. The monoisotopic (exact) mass is 346 g/mol. The van der Waals surface area contributed by atoms with Crippen LogP contribution in [0.25, 0.3) is 0 Å². The van der Waals surface area contributed by atoms with Gasteiger partial charge in [0.25, 0.3) is 0 Å². The second kappa shape index (κ2) is 8.97. The minimum Gasteiger partial charge on any atom is -0.353 e. The third-order valence-corrected chi connectivity index (χ3v) is 4.32. The molecule has 6 nitrogen and oxygen atoms in total. The van der Waals surface area contributed by atoms with E-state index in [4.69, 9.17) is 0 Å². The first-order chi connectivity index (χ1) is 11.8. The second-order valence-electron chi connectivity index (χ2n) is 7.14. The van der Waals surface area contributed by atoms with Gasteiger partial charge in [0.05, 0.1) is 13.1 Å². The lowest BCUT2D eigenvalue weighted by atomic mass is 10.1. The molecular formula is C19H30N4O2. The van der Waals surface area contributed by atoms with E-state index >= 15 is 0 Å². The zero-order chi connectivity index (χ0) is 18.4. The SMILES string of the molecule is Cc1ccc(C)c(NC(=O)CN2CCN(CC(=O)NC(C)C)CC2)c1. The van der Waals surface area contributed by atoms with Crippen molar-refractivity contribution in [1.82, 2.24) is 15.1 Å². The molecule has 0 spiro atoms. The third-order valence-electron chi connectivity index (χ3n) is 4.32. The zero-order valence-corrected chi connectivity index (χ0v) is 15.8. The Bertz CT molecular complexity index is 607. The number of aryl methyl sites for hydroxylation is 2. The lowest BCUT2D eigenvalue weighted by Gasteiger charge is -2.34. The molecule has 0 aliphatic carbocycles. The van der Waals surface area contributed by atoms with E-state index in [1.807, 2.05) is 45.9 Å². The molecule has 138 valence electrons. The highest BCUT2D eigenvalue weighted by Crippen LogP contribution is 2.16. The summed E-state index contributed by atoms with van der Waals surface area (Å²) in [6.07, 6.45) is 0. The Morgan fingerprint density at radius 1 is 1.00 bits per heavy atom. The van der Waals surface area contributed by atoms with Gasteiger partial charge in [-0.2, -0.15) is 0 Å². The van der Waals surface area contributed by atoms with Gasteiger partial charge in [-0.05, 0) is 44.9 Å². The molecule has 0 bridgehead atoms. The van der Waals surface area contributed by atoms with Gasteiger partial charge in [0.1, 0.15) is 0 Å². The predicted molar refractivity (Wildman–Crippen MR) is 101 cm³/mol. The first-order valence-corrected chi connectivity index (χ1v) is 8.94. The van der Waals surface area contributed by atoms with Gasteiger partial charge in [0, 0.05) is 37.9 Å². The van der Waals surface area contributed by atoms with Gasteiger partial charge in [-0.15, -0.1) is 0 Å². The number of nitrogens with one attached hydrogen (secondary N) is 2. The van der Waals surface area contributed by atoms with Gasteiger partial charge < -0.3 is 10.6 Å². The Morgan fingerprint density at radius 2 is 1.56 bits per heavy atom. The Balaban J connectivity index is 1.75. The fourth-order valence-corrected chi connectivity index (χ4v) is 2.94. The van der Waals surface area contributed by atoms with E-state index in [1.165, 1.54) is 0 Å². The van der Waals surface area contributed by atoms with Crippen LogP contribution in [0.15, 0.2) is 18.2 Å². The van der Waals surface area contributed by atoms with Crippen LogP contribution in [0.1, 0.15) is 25.0 Å². The highest BCUT2D eigenvalue weighted by atomic mass is 16.2.